The van der Waals surface area contributed by atoms with E-state index in [-0.39, 0.29) is 29.7 Å². The lowest BCUT2D eigenvalue weighted by molar-refractivity contribution is -0.384. The van der Waals surface area contributed by atoms with Gasteiger partial charge in [-0.3, -0.25) is 19.7 Å². The Kier molecular flexibility index (Phi) is 7.97. The predicted molar refractivity (Wildman–Crippen MR) is 157 cm³/mol. The number of rotatable bonds is 8. The molecule has 42 heavy (non-hydrogen) atoms. The average molecular weight is 570 g/mol. The van der Waals surface area contributed by atoms with Gasteiger partial charge in [-0.2, -0.15) is 0 Å². The number of ether oxygens (including phenoxy) is 3. The SMILES string of the molecule is COc1ccc(NC(=O)C2=C(C)NC3=C(C(=O)CC(c4ccc(OC)c(OC)c4)C3)C2c2ccc([N+](=O)[O-])cc2)cc1. The number of amides is 1. The summed E-state index contributed by atoms with van der Waals surface area (Å²) in [5.41, 5.74) is 4.24. The number of Topliss-reactive ketones (excluding diaryl/α,β-unsaturated/α-hetero) is 1. The molecule has 10 nitrogen and oxygen atoms in total. The van der Waals surface area contributed by atoms with Crippen molar-refractivity contribution in [3.05, 3.63) is 111 Å². The van der Waals surface area contributed by atoms with Crippen molar-refractivity contribution >= 4 is 23.1 Å². The van der Waals surface area contributed by atoms with Gasteiger partial charge in [-0.15, -0.1) is 0 Å². The maximum absolute atomic E-state index is 13.9. The molecule has 2 unspecified atom stereocenters. The summed E-state index contributed by atoms with van der Waals surface area (Å²) in [5, 5.41) is 17.6. The van der Waals surface area contributed by atoms with Crippen molar-refractivity contribution in [2.75, 3.05) is 26.6 Å². The van der Waals surface area contributed by atoms with Crippen LogP contribution in [-0.2, 0) is 9.59 Å². The summed E-state index contributed by atoms with van der Waals surface area (Å²) in [6, 6.07) is 18.6. The second kappa shape index (κ2) is 11.8. The van der Waals surface area contributed by atoms with Gasteiger partial charge in [0.2, 0.25) is 0 Å². The van der Waals surface area contributed by atoms with Crippen LogP contribution >= 0.6 is 0 Å². The molecule has 0 radical (unpaired) electrons. The normalized spacial score (nSPS) is 18.1. The molecule has 10 heteroatoms. The van der Waals surface area contributed by atoms with E-state index in [2.05, 4.69) is 10.6 Å². The maximum atomic E-state index is 13.9. The van der Waals surface area contributed by atoms with Gasteiger partial charge in [0.15, 0.2) is 17.3 Å². The number of nitro groups is 1. The molecule has 5 rings (SSSR count). The molecule has 0 spiro atoms. The summed E-state index contributed by atoms with van der Waals surface area (Å²) in [5.74, 6) is 0.518. The summed E-state index contributed by atoms with van der Waals surface area (Å²) in [6.07, 6.45) is 0.761. The van der Waals surface area contributed by atoms with Crippen molar-refractivity contribution < 1.29 is 28.7 Å². The topological polar surface area (TPSA) is 129 Å². The number of nitrogens with one attached hydrogen (secondary N) is 2. The zero-order valence-electron chi connectivity index (χ0n) is 23.7. The van der Waals surface area contributed by atoms with Crippen LogP contribution in [0.25, 0.3) is 0 Å². The minimum atomic E-state index is -0.709. The van der Waals surface area contributed by atoms with Crippen molar-refractivity contribution in [3.63, 3.8) is 0 Å². The lowest BCUT2D eigenvalue weighted by Crippen LogP contribution is -2.37. The number of hydrogen-bond acceptors (Lipinski definition) is 8. The zero-order chi connectivity index (χ0) is 30.0. The van der Waals surface area contributed by atoms with Gasteiger partial charge in [0.25, 0.3) is 11.6 Å². The number of allylic oxidation sites excluding steroid dienone is 3. The van der Waals surface area contributed by atoms with Gasteiger partial charge in [-0.05, 0) is 66.8 Å². The quantitative estimate of drug-likeness (QED) is 0.264. The van der Waals surface area contributed by atoms with E-state index >= 15 is 0 Å². The zero-order valence-corrected chi connectivity index (χ0v) is 23.7. The Labute approximate surface area is 243 Å². The fraction of sp³-hybridized carbons (Fsp3) is 0.250. The number of hydrogen-bond donors (Lipinski definition) is 2. The van der Waals surface area contributed by atoms with Crippen LogP contribution in [0.2, 0.25) is 0 Å². The number of anilines is 1. The molecule has 1 aliphatic carbocycles. The van der Waals surface area contributed by atoms with E-state index in [0.717, 1.165) is 11.3 Å². The van der Waals surface area contributed by atoms with Crippen LogP contribution in [0, 0.1) is 10.1 Å². The van der Waals surface area contributed by atoms with Gasteiger partial charge < -0.3 is 24.8 Å². The van der Waals surface area contributed by atoms with Crippen molar-refractivity contribution in [2.45, 2.75) is 31.6 Å². The fourth-order valence-corrected chi connectivity index (χ4v) is 5.68. The molecule has 2 N–H and O–H groups in total. The number of ketones is 1. The van der Waals surface area contributed by atoms with Gasteiger partial charge in [0.05, 0.1) is 26.3 Å². The highest BCUT2D eigenvalue weighted by Crippen LogP contribution is 2.46. The van der Waals surface area contributed by atoms with Crippen LogP contribution < -0.4 is 24.8 Å². The van der Waals surface area contributed by atoms with E-state index < -0.39 is 10.8 Å². The minimum Gasteiger partial charge on any atom is -0.497 e. The van der Waals surface area contributed by atoms with Crippen LogP contribution in [0.3, 0.4) is 0 Å². The van der Waals surface area contributed by atoms with Gasteiger partial charge in [0.1, 0.15) is 5.75 Å². The average Bonchev–Trinajstić information content (AvgIpc) is 3.00. The van der Waals surface area contributed by atoms with Crippen molar-refractivity contribution in [3.8, 4) is 17.2 Å². The molecular weight excluding hydrogens is 538 g/mol. The molecule has 3 aromatic rings. The second-order valence-corrected chi connectivity index (χ2v) is 10.2. The molecular formula is C32H31N3O7. The number of carbonyl (C=O) groups excluding carboxylic acids is 2. The van der Waals surface area contributed by atoms with Crippen LogP contribution in [0.4, 0.5) is 11.4 Å². The second-order valence-electron chi connectivity index (χ2n) is 10.2. The lowest BCUT2D eigenvalue weighted by Gasteiger charge is -2.37. The molecule has 216 valence electrons. The Morgan fingerprint density at radius 1 is 0.905 bits per heavy atom. The molecule has 0 saturated heterocycles. The number of benzene rings is 3. The Bertz CT molecular complexity index is 1610. The summed E-state index contributed by atoms with van der Waals surface area (Å²) >= 11 is 0. The Balaban J connectivity index is 1.54. The molecule has 0 aromatic heterocycles. The van der Waals surface area contributed by atoms with Gasteiger partial charge >= 0.3 is 0 Å². The van der Waals surface area contributed by atoms with E-state index in [9.17, 15) is 19.7 Å². The standard InChI is InChI=1S/C32H31N3O7/c1-18-29(32(37)34-22-8-12-24(40-2)13-9-22)30(19-5-10-23(11-6-19)35(38)39)31-25(33-18)15-21(16-26(31)36)20-7-14-27(41-3)28(17-20)42-4/h5-14,17,21,30,33H,15-16H2,1-4H3,(H,34,37). The lowest BCUT2D eigenvalue weighted by atomic mass is 9.71. The third-order valence-corrected chi connectivity index (χ3v) is 7.74. The highest BCUT2D eigenvalue weighted by Gasteiger charge is 2.41. The number of carbonyl (C=O) groups is 2. The Morgan fingerprint density at radius 2 is 1.57 bits per heavy atom. The third-order valence-electron chi connectivity index (χ3n) is 7.74. The van der Waals surface area contributed by atoms with Crippen molar-refractivity contribution in [2.24, 2.45) is 0 Å². The van der Waals surface area contributed by atoms with Crippen LogP contribution in [-0.4, -0.2) is 37.9 Å². The predicted octanol–water partition coefficient (Wildman–Crippen LogP) is 5.62. The number of dihydropyridines is 1. The molecule has 2 aliphatic rings. The van der Waals surface area contributed by atoms with Crippen LogP contribution in [0.15, 0.2) is 89.3 Å². The van der Waals surface area contributed by atoms with Crippen LogP contribution in [0.1, 0.15) is 42.7 Å². The molecule has 1 aliphatic heterocycles. The summed E-state index contributed by atoms with van der Waals surface area (Å²) < 4.78 is 16.1. The molecule has 0 bridgehead atoms. The monoisotopic (exact) mass is 569 g/mol. The first kappa shape index (κ1) is 28.4. The first-order chi connectivity index (χ1) is 20.2. The molecule has 0 fully saturated rings. The van der Waals surface area contributed by atoms with Crippen molar-refractivity contribution in [1.29, 1.82) is 0 Å². The molecule has 3 aromatic carbocycles. The summed E-state index contributed by atoms with van der Waals surface area (Å²) in [4.78, 5) is 38.6. The van der Waals surface area contributed by atoms with Gasteiger partial charge in [-0.1, -0.05) is 18.2 Å². The number of non-ortho nitro benzene ring substituents is 1. The maximum Gasteiger partial charge on any atom is 0.269 e. The highest BCUT2D eigenvalue weighted by atomic mass is 16.6. The first-order valence-electron chi connectivity index (χ1n) is 13.4. The van der Waals surface area contributed by atoms with E-state index in [1.54, 1.807) is 64.7 Å². The van der Waals surface area contributed by atoms with E-state index in [1.165, 1.54) is 12.1 Å². The van der Waals surface area contributed by atoms with Crippen molar-refractivity contribution in [1.82, 2.24) is 5.32 Å². The van der Waals surface area contributed by atoms with Gasteiger partial charge in [-0.25, -0.2) is 0 Å². The van der Waals surface area contributed by atoms with Crippen LogP contribution in [0.5, 0.6) is 17.2 Å². The molecule has 2 atom stereocenters. The summed E-state index contributed by atoms with van der Waals surface area (Å²) in [6.45, 7) is 1.80. The number of nitrogens with zero attached hydrogens (tertiary/aromatic N) is 1. The largest absolute Gasteiger partial charge is 0.497 e. The number of methoxy groups -OCH3 is 3. The molecule has 1 heterocycles. The third kappa shape index (κ3) is 5.43. The molecule has 0 saturated carbocycles. The van der Waals surface area contributed by atoms with E-state index in [4.69, 9.17) is 14.2 Å². The Morgan fingerprint density at radius 3 is 2.19 bits per heavy atom. The highest BCUT2D eigenvalue weighted by molar-refractivity contribution is 6.10. The first-order valence-corrected chi connectivity index (χ1v) is 13.4. The fourth-order valence-electron chi connectivity index (χ4n) is 5.68. The van der Waals surface area contributed by atoms with E-state index in [0.29, 0.717) is 51.8 Å². The molecule has 1 amide bonds. The number of nitro benzene ring substituents is 1. The minimum absolute atomic E-state index is 0.0738. The van der Waals surface area contributed by atoms with Gasteiger partial charge in [0, 0.05) is 52.7 Å². The smallest absolute Gasteiger partial charge is 0.269 e. The van der Waals surface area contributed by atoms with E-state index in [1.807, 2.05) is 18.2 Å². The Hall–Kier alpha value is -5.12. The summed E-state index contributed by atoms with van der Waals surface area (Å²) in [7, 11) is 4.70.